The van der Waals surface area contributed by atoms with Gasteiger partial charge in [-0.15, -0.1) is 0 Å². The van der Waals surface area contributed by atoms with Gasteiger partial charge in [0, 0.05) is 17.5 Å². The summed E-state index contributed by atoms with van der Waals surface area (Å²) in [4.78, 5) is 4.10. The van der Waals surface area contributed by atoms with Gasteiger partial charge in [0.25, 0.3) is 0 Å². The van der Waals surface area contributed by atoms with Crippen molar-refractivity contribution in [2.24, 2.45) is 0 Å². The lowest BCUT2D eigenvalue weighted by Gasteiger charge is -2.23. The van der Waals surface area contributed by atoms with Crippen molar-refractivity contribution in [3.63, 3.8) is 0 Å². The molecule has 0 saturated carbocycles. The van der Waals surface area contributed by atoms with Crippen molar-refractivity contribution in [1.29, 1.82) is 5.26 Å². The van der Waals surface area contributed by atoms with Gasteiger partial charge in [-0.3, -0.25) is 0 Å². The van der Waals surface area contributed by atoms with Crippen LogP contribution in [0.4, 0.5) is 11.5 Å². The first-order chi connectivity index (χ1) is 9.51. The maximum Gasteiger partial charge on any atom is 0.226 e. The highest BCUT2D eigenvalue weighted by molar-refractivity contribution is 5.72. The lowest BCUT2D eigenvalue weighted by molar-refractivity contribution is 0.431. The van der Waals surface area contributed by atoms with E-state index in [1.54, 1.807) is 12.1 Å². The molecule has 0 radical (unpaired) electrons. The highest BCUT2D eigenvalue weighted by atomic mass is 16.5. The molecule has 0 atom stereocenters. The van der Waals surface area contributed by atoms with Crippen molar-refractivity contribution in [3.05, 3.63) is 34.4 Å². The van der Waals surface area contributed by atoms with Crippen LogP contribution in [0, 0.1) is 18.3 Å². The van der Waals surface area contributed by atoms with E-state index in [4.69, 9.17) is 21.5 Å². The Bertz CT molecular complexity index is 778. The fourth-order valence-electron chi connectivity index (χ4n) is 2.40. The zero-order valence-electron chi connectivity index (χ0n) is 10.8. The summed E-state index contributed by atoms with van der Waals surface area (Å²) in [5, 5.41) is 18.7. The molecule has 0 saturated heterocycles. The molecule has 0 aliphatic carbocycles. The molecule has 0 bridgehead atoms. The quantitative estimate of drug-likeness (QED) is 0.572. The fraction of sp³-hybridized carbons (Fsp3) is 0.143. The molecule has 1 aliphatic rings. The topological polar surface area (TPSA) is 118 Å². The number of fused-ring (bicyclic) bond motifs is 2. The first-order valence-corrected chi connectivity index (χ1v) is 5.99. The van der Waals surface area contributed by atoms with Gasteiger partial charge in [-0.05, 0) is 24.6 Å². The van der Waals surface area contributed by atoms with Gasteiger partial charge in [0.05, 0.1) is 5.69 Å². The Morgan fingerprint density at radius 3 is 2.85 bits per heavy atom. The van der Waals surface area contributed by atoms with E-state index in [2.05, 4.69) is 4.98 Å². The van der Waals surface area contributed by atoms with Gasteiger partial charge < -0.3 is 21.3 Å². The van der Waals surface area contributed by atoms with Crippen molar-refractivity contribution in [1.82, 2.24) is 4.98 Å². The number of ether oxygens (including phenoxy) is 1. The summed E-state index contributed by atoms with van der Waals surface area (Å²) in [6.07, 6.45) is 0.438. The molecule has 100 valence electrons. The number of rotatable bonds is 0. The van der Waals surface area contributed by atoms with Crippen LogP contribution in [0.2, 0.25) is 0 Å². The molecule has 5 N–H and O–H groups in total. The first kappa shape index (κ1) is 12.1. The molecular formula is C14H12N4O2. The van der Waals surface area contributed by atoms with Crippen LogP contribution in [0.5, 0.6) is 17.4 Å². The van der Waals surface area contributed by atoms with Crippen molar-refractivity contribution < 1.29 is 9.84 Å². The van der Waals surface area contributed by atoms with Gasteiger partial charge in [0.1, 0.15) is 28.9 Å². The maximum absolute atomic E-state index is 9.66. The van der Waals surface area contributed by atoms with E-state index in [1.807, 2.05) is 13.0 Å². The van der Waals surface area contributed by atoms with Crippen LogP contribution in [0.1, 0.15) is 22.3 Å². The Morgan fingerprint density at radius 2 is 2.15 bits per heavy atom. The average molecular weight is 268 g/mol. The van der Waals surface area contributed by atoms with Gasteiger partial charge >= 0.3 is 0 Å². The normalized spacial score (nSPS) is 12.0. The Balaban J connectivity index is 2.21. The average Bonchev–Trinajstić information content (AvgIpc) is 2.38. The molecular weight excluding hydrogens is 256 g/mol. The van der Waals surface area contributed by atoms with Crippen molar-refractivity contribution in [3.8, 4) is 23.4 Å². The number of nitriles is 1. The third kappa shape index (κ3) is 1.61. The standard InChI is InChI=1S/C14H12N4O2/c1-6-2-8(19)3-7-4-9-11(16)10(5-15)13(17)18-14(9)20-12(6)7/h2-3,19H,4H2,1H3,(H4,16,17,18). The number of nitrogens with two attached hydrogens (primary N) is 2. The second-order valence-electron chi connectivity index (χ2n) is 4.71. The van der Waals surface area contributed by atoms with E-state index in [9.17, 15) is 5.11 Å². The lowest BCUT2D eigenvalue weighted by atomic mass is 9.97. The number of anilines is 2. The van der Waals surface area contributed by atoms with E-state index in [1.165, 1.54) is 0 Å². The highest BCUT2D eigenvalue weighted by Gasteiger charge is 2.25. The monoisotopic (exact) mass is 268 g/mol. The Kier molecular flexibility index (Phi) is 2.44. The van der Waals surface area contributed by atoms with Gasteiger partial charge in [0.15, 0.2) is 0 Å². The molecule has 2 aromatic rings. The van der Waals surface area contributed by atoms with Crippen LogP contribution in [-0.4, -0.2) is 10.1 Å². The summed E-state index contributed by atoms with van der Waals surface area (Å²) in [5.74, 6) is 1.19. The zero-order valence-corrected chi connectivity index (χ0v) is 10.8. The smallest absolute Gasteiger partial charge is 0.226 e. The van der Waals surface area contributed by atoms with Crippen LogP contribution in [0.15, 0.2) is 12.1 Å². The van der Waals surface area contributed by atoms with E-state index >= 15 is 0 Å². The third-order valence-electron chi connectivity index (χ3n) is 3.34. The molecule has 3 rings (SSSR count). The second kappa shape index (κ2) is 4.03. The summed E-state index contributed by atoms with van der Waals surface area (Å²) in [5.41, 5.74) is 14.3. The third-order valence-corrected chi connectivity index (χ3v) is 3.34. The minimum Gasteiger partial charge on any atom is -0.508 e. The molecule has 1 aromatic carbocycles. The van der Waals surface area contributed by atoms with Gasteiger partial charge in [-0.25, -0.2) is 0 Å². The molecule has 1 aromatic heterocycles. The van der Waals surface area contributed by atoms with Crippen molar-refractivity contribution in [2.45, 2.75) is 13.3 Å². The van der Waals surface area contributed by atoms with E-state index in [0.717, 1.165) is 11.1 Å². The highest BCUT2D eigenvalue weighted by Crippen LogP contribution is 2.42. The van der Waals surface area contributed by atoms with Crippen LogP contribution < -0.4 is 16.2 Å². The van der Waals surface area contributed by atoms with Gasteiger partial charge in [-0.1, -0.05) is 0 Å². The van der Waals surface area contributed by atoms with Gasteiger partial charge in [0.2, 0.25) is 5.88 Å². The molecule has 0 unspecified atom stereocenters. The Labute approximate surface area is 115 Å². The van der Waals surface area contributed by atoms with E-state index in [0.29, 0.717) is 23.6 Å². The predicted molar refractivity (Wildman–Crippen MR) is 73.5 cm³/mol. The molecule has 0 spiro atoms. The van der Waals surface area contributed by atoms with Crippen LogP contribution in [0.25, 0.3) is 0 Å². The molecule has 1 aliphatic heterocycles. The van der Waals surface area contributed by atoms with Gasteiger partial charge in [-0.2, -0.15) is 10.2 Å². The molecule has 6 heteroatoms. The molecule has 2 heterocycles. The van der Waals surface area contributed by atoms with Crippen LogP contribution >= 0.6 is 0 Å². The molecule has 6 nitrogen and oxygen atoms in total. The number of aromatic hydroxyl groups is 1. The minimum absolute atomic E-state index is 0.0589. The summed E-state index contributed by atoms with van der Waals surface area (Å²) < 4.78 is 5.73. The van der Waals surface area contributed by atoms with Crippen LogP contribution in [-0.2, 0) is 6.42 Å². The van der Waals surface area contributed by atoms with Crippen molar-refractivity contribution in [2.75, 3.05) is 11.5 Å². The number of pyridine rings is 1. The molecule has 0 amide bonds. The predicted octanol–water partition coefficient (Wildman–Crippen LogP) is 1.83. The maximum atomic E-state index is 9.66. The fourth-order valence-corrected chi connectivity index (χ4v) is 2.40. The lowest BCUT2D eigenvalue weighted by Crippen LogP contribution is -2.12. The number of nitrogens with zero attached hydrogens (tertiary/aromatic N) is 2. The summed E-state index contributed by atoms with van der Waals surface area (Å²) in [6.45, 7) is 1.83. The van der Waals surface area contributed by atoms with E-state index in [-0.39, 0.29) is 22.8 Å². The number of phenolic OH excluding ortho intramolecular Hbond substituents is 1. The second-order valence-corrected chi connectivity index (χ2v) is 4.71. The van der Waals surface area contributed by atoms with Crippen LogP contribution in [0.3, 0.4) is 0 Å². The number of aromatic nitrogens is 1. The Morgan fingerprint density at radius 1 is 1.40 bits per heavy atom. The molecule has 0 fully saturated rings. The largest absolute Gasteiger partial charge is 0.508 e. The summed E-state index contributed by atoms with van der Waals surface area (Å²) in [7, 11) is 0. The molecule has 20 heavy (non-hydrogen) atoms. The minimum atomic E-state index is 0.0589. The number of benzene rings is 1. The first-order valence-electron chi connectivity index (χ1n) is 5.99. The van der Waals surface area contributed by atoms with E-state index < -0.39 is 0 Å². The summed E-state index contributed by atoms with van der Waals surface area (Å²) >= 11 is 0. The Hall–Kier alpha value is -2.94. The zero-order chi connectivity index (χ0) is 14.4. The number of aryl methyl sites for hydroxylation is 1. The summed E-state index contributed by atoms with van der Waals surface area (Å²) in [6, 6.07) is 5.17. The van der Waals surface area contributed by atoms with Crippen molar-refractivity contribution >= 4 is 11.5 Å². The SMILES string of the molecule is Cc1cc(O)cc2c1Oc1nc(N)c(C#N)c(N)c1C2. The number of phenols is 1. The number of hydrogen-bond acceptors (Lipinski definition) is 6. The number of nitrogen functional groups attached to an aromatic ring is 2. The number of hydrogen-bond donors (Lipinski definition) is 3.